The molecule has 21 heavy (non-hydrogen) atoms. The van der Waals surface area contributed by atoms with Crippen LogP contribution in [-0.2, 0) is 11.3 Å². The zero-order chi connectivity index (χ0) is 15.4. The van der Waals surface area contributed by atoms with Crippen LogP contribution in [0.15, 0.2) is 18.2 Å². The van der Waals surface area contributed by atoms with Crippen LogP contribution in [0.3, 0.4) is 0 Å². The van der Waals surface area contributed by atoms with Crippen LogP contribution in [0.1, 0.15) is 18.4 Å². The van der Waals surface area contributed by atoms with Crippen LogP contribution in [0.4, 0.5) is 0 Å². The van der Waals surface area contributed by atoms with Crippen molar-refractivity contribution in [2.75, 3.05) is 26.7 Å². The summed E-state index contributed by atoms with van der Waals surface area (Å²) in [5.74, 6) is 0.0372. The lowest BCUT2D eigenvalue weighted by atomic mass is 10.1. The number of rotatable bonds is 4. The maximum Gasteiger partial charge on any atom is 0.236 e. The van der Waals surface area contributed by atoms with Gasteiger partial charge in [0.1, 0.15) is 0 Å². The lowest BCUT2D eigenvalue weighted by molar-refractivity contribution is -0.132. The summed E-state index contributed by atoms with van der Waals surface area (Å²) in [7, 11) is 1.77. The Morgan fingerprint density at radius 2 is 2.19 bits per heavy atom. The van der Waals surface area contributed by atoms with Gasteiger partial charge in [-0.3, -0.25) is 9.69 Å². The number of β-amino-alcohol motifs (C(OH)–C–C–N with tert-alkyl or cyclic N) is 1. The van der Waals surface area contributed by atoms with Gasteiger partial charge in [-0.1, -0.05) is 29.3 Å². The highest BCUT2D eigenvalue weighted by atomic mass is 35.5. The Labute approximate surface area is 135 Å². The largest absolute Gasteiger partial charge is 0.392 e. The predicted molar refractivity (Wildman–Crippen MR) is 84.6 cm³/mol. The number of piperidine rings is 1. The highest BCUT2D eigenvalue weighted by molar-refractivity contribution is 6.42. The number of carbonyl (C=O) groups excluding carboxylic acids is 1. The number of carbonyl (C=O) groups is 1. The lowest BCUT2D eigenvalue weighted by Gasteiger charge is -2.30. The predicted octanol–water partition coefficient (Wildman–Crippen LogP) is 2.41. The summed E-state index contributed by atoms with van der Waals surface area (Å²) in [5, 5.41) is 10.6. The van der Waals surface area contributed by atoms with Crippen molar-refractivity contribution >= 4 is 29.1 Å². The molecule has 1 heterocycles. The Kier molecular flexibility index (Phi) is 5.88. The van der Waals surface area contributed by atoms with E-state index in [1.54, 1.807) is 24.1 Å². The molecule has 1 amide bonds. The summed E-state index contributed by atoms with van der Waals surface area (Å²) in [4.78, 5) is 15.9. The van der Waals surface area contributed by atoms with Crippen molar-refractivity contribution in [3.63, 3.8) is 0 Å². The van der Waals surface area contributed by atoms with Gasteiger partial charge in [0.05, 0.1) is 22.7 Å². The average Bonchev–Trinajstić information content (AvgIpc) is 2.43. The fourth-order valence-electron chi connectivity index (χ4n) is 2.49. The maximum atomic E-state index is 12.2. The second-order valence-electron chi connectivity index (χ2n) is 5.53. The lowest BCUT2D eigenvalue weighted by Crippen LogP contribution is -2.44. The minimum atomic E-state index is -0.313. The van der Waals surface area contributed by atoms with E-state index in [4.69, 9.17) is 23.2 Å². The molecule has 0 aromatic heterocycles. The fourth-order valence-corrected chi connectivity index (χ4v) is 2.81. The van der Waals surface area contributed by atoms with E-state index in [9.17, 15) is 9.90 Å². The van der Waals surface area contributed by atoms with E-state index in [1.807, 2.05) is 11.0 Å². The average molecular weight is 331 g/mol. The molecule has 0 aliphatic carbocycles. The minimum Gasteiger partial charge on any atom is -0.392 e. The van der Waals surface area contributed by atoms with E-state index in [-0.39, 0.29) is 12.0 Å². The number of nitrogens with zero attached hydrogens (tertiary/aromatic N) is 2. The van der Waals surface area contributed by atoms with Gasteiger partial charge < -0.3 is 10.0 Å². The number of benzene rings is 1. The highest BCUT2D eigenvalue weighted by Crippen LogP contribution is 2.23. The molecular weight excluding hydrogens is 311 g/mol. The number of aliphatic hydroxyl groups excluding tert-OH is 1. The molecule has 4 nitrogen and oxygen atoms in total. The van der Waals surface area contributed by atoms with E-state index in [1.165, 1.54) is 0 Å². The summed E-state index contributed by atoms with van der Waals surface area (Å²) in [6.45, 7) is 2.27. The SMILES string of the molecule is CN(Cc1ccc(Cl)c(Cl)c1)C(=O)CN1CCCC(O)C1. The molecule has 0 radical (unpaired) electrons. The van der Waals surface area contributed by atoms with Crippen LogP contribution in [0, 0.1) is 0 Å². The first-order valence-corrected chi connectivity index (χ1v) is 7.79. The number of hydrogen-bond acceptors (Lipinski definition) is 3. The second-order valence-corrected chi connectivity index (χ2v) is 6.34. The molecule has 1 aliphatic heterocycles. The molecule has 1 fully saturated rings. The first-order chi connectivity index (χ1) is 9.95. The summed E-state index contributed by atoms with van der Waals surface area (Å²) < 4.78 is 0. The van der Waals surface area contributed by atoms with E-state index in [0.29, 0.717) is 29.7 Å². The number of likely N-dealkylation sites (tertiary alicyclic amines) is 1. The van der Waals surface area contributed by atoms with Crippen LogP contribution in [0.2, 0.25) is 10.0 Å². The van der Waals surface area contributed by atoms with Gasteiger partial charge in [-0.05, 0) is 37.1 Å². The molecule has 0 spiro atoms. The third-order valence-corrected chi connectivity index (χ3v) is 4.41. The smallest absolute Gasteiger partial charge is 0.236 e. The third-order valence-electron chi connectivity index (χ3n) is 3.67. The summed E-state index contributed by atoms with van der Waals surface area (Å²) in [6.07, 6.45) is 1.45. The number of hydrogen-bond donors (Lipinski definition) is 1. The maximum absolute atomic E-state index is 12.2. The Morgan fingerprint density at radius 3 is 2.86 bits per heavy atom. The van der Waals surface area contributed by atoms with Gasteiger partial charge in [0.15, 0.2) is 0 Å². The highest BCUT2D eigenvalue weighted by Gasteiger charge is 2.21. The third kappa shape index (κ3) is 4.85. The Hall–Kier alpha value is -0.810. The zero-order valence-electron chi connectivity index (χ0n) is 12.1. The molecule has 6 heteroatoms. The summed E-state index contributed by atoms with van der Waals surface area (Å²) in [5.41, 5.74) is 0.943. The van der Waals surface area contributed by atoms with Gasteiger partial charge in [0.25, 0.3) is 0 Å². The standard InChI is InChI=1S/C15H20Cl2N2O2/c1-18(8-11-4-5-13(16)14(17)7-11)15(21)10-19-6-2-3-12(20)9-19/h4-5,7,12,20H,2-3,6,8-10H2,1H3. The molecule has 1 saturated heterocycles. The minimum absolute atomic E-state index is 0.0372. The fraction of sp³-hybridized carbons (Fsp3) is 0.533. The number of amides is 1. The monoisotopic (exact) mass is 330 g/mol. The molecule has 1 aromatic rings. The molecule has 1 N–H and O–H groups in total. The van der Waals surface area contributed by atoms with Crippen LogP contribution in [0.25, 0.3) is 0 Å². The van der Waals surface area contributed by atoms with Gasteiger partial charge in [0.2, 0.25) is 5.91 Å². The van der Waals surface area contributed by atoms with Crippen molar-refractivity contribution in [3.05, 3.63) is 33.8 Å². The van der Waals surface area contributed by atoms with Gasteiger partial charge in [-0.25, -0.2) is 0 Å². The molecule has 1 atom stereocenters. The first kappa shape index (κ1) is 16.6. The van der Waals surface area contributed by atoms with Crippen molar-refractivity contribution in [2.24, 2.45) is 0 Å². The molecule has 0 bridgehead atoms. The van der Waals surface area contributed by atoms with Crippen molar-refractivity contribution in [1.29, 1.82) is 0 Å². The molecule has 116 valence electrons. The van der Waals surface area contributed by atoms with Crippen LogP contribution < -0.4 is 0 Å². The van der Waals surface area contributed by atoms with Crippen LogP contribution >= 0.6 is 23.2 Å². The van der Waals surface area contributed by atoms with Crippen molar-refractivity contribution in [3.8, 4) is 0 Å². The molecule has 2 rings (SSSR count). The zero-order valence-corrected chi connectivity index (χ0v) is 13.6. The number of aliphatic hydroxyl groups is 1. The molecule has 1 aliphatic rings. The van der Waals surface area contributed by atoms with Gasteiger partial charge in [-0.15, -0.1) is 0 Å². The first-order valence-electron chi connectivity index (χ1n) is 7.04. The summed E-state index contributed by atoms with van der Waals surface area (Å²) in [6, 6.07) is 5.37. The molecule has 0 saturated carbocycles. The van der Waals surface area contributed by atoms with E-state index >= 15 is 0 Å². The number of halogens is 2. The van der Waals surface area contributed by atoms with Gasteiger partial charge in [0, 0.05) is 20.1 Å². The van der Waals surface area contributed by atoms with Crippen molar-refractivity contribution in [1.82, 2.24) is 9.80 Å². The second kappa shape index (κ2) is 7.45. The van der Waals surface area contributed by atoms with Crippen molar-refractivity contribution in [2.45, 2.75) is 25.5 Å². The number of likely N-dealkylation sites (N-methyl/N-ethyl adjacent to an activating group) is 1. The van der Waals surface area contributed by atoms with E-state index in [2.05, 4.69) is 0 Å². The Morgan fingerprint density at radius 1 is 1.43 bits per heavy atom. The van der Waals surface area contributed by atoms with Crippen LogP contribution in [-0.4, -0.2) is 53.6 Å². The summed E-state index contributed by atoms with van der Waals surface area (Å²) >= 11 is 11.9. The topological polar surface area (TPSA) is 43.8 Å². The Balaban J connectivity index is 1.88. The van der Waals surface area contributed by atoms with Gasteiger partial charge >= 0.3 is 0 Å². The quantitative estimate of drug-likeness (QED) is 0.921. The normalized spacial score (nSPS) is 19.5. The molecule has 1 aromatic carbocycles. The van der Waals surface area contributed by atoms with E-state index < -0.39 is 0 Å². The van der Waals surface area contributed by atoms with Gasteiger partial charge in [-0.2, -0.15) is 0 Å². The molecular formula is C15H20Cl2N2O2. The Bertz CT molecular complexity index is 510. The van der Waals surface area contributed by atoms with Crippen molar-refractivity contribution < 1.29 is 9.90 Å². The van der Waals surface area contributed by atoms with Crippen LogP contribution in [0.5, 0.6) is 0 Å². The molecule has 1 unspecified atom stereocenters. The van der Waals surface area contributed by atoms with E-state index in [0.717, 1.165) is 24.9 Å².